The molecule has 1 N–H and O–H groups in total. The number of nitrogens with one attached hydrogen (secondary N) is 1. The third kappa shape index (κ3) is 5.55. The number of aryl methyl sites for hydroxylation is 3. The highest BCUT2D eigenvalue weighted by Crippen LogP contribution is 2.28. The van der Waals surface area contributed by atoms with Gasteiger partial charge in [0.1, 0.15) is 6.54 Å². The number of carbonyl (C=O) groups is 1. The first-order valence-corrected chi connectivity index (χ1v) is 13.8. The predicted octanol–water partition coefficient (Wildman–Crippen LogP) is 5.37. The smallest absolute Gasteiger partial charge is 0.264 e. The van der Waals surface area contributed by atoms with Gasteiger partial charge in [0, 0.05) is 22.6 Å². The molecule has 0 fully saturated rings. The Morgan fingerprint density at radius 1 is 0.921 bits per heavy atom. The van der Waals surface area contributed by atoms with Crippen LogP contribution in [-0.4, -0.2) is 31.7 Å². The summed E-state index contributed by atoms with van der Waals surface area (Å²) in [6.45, 7) is 9.22. The minimum Gasteiger partial charge on any atom is -0.318 e. The fourth-order valence-electron chi connectivity index (χ4n) is 4.38. The molecule has 0 spiro atoms. The van der Waals surface area contributed by atoms with E-state index in [9.17, 15) is 13.2 Å². The van der Waals surface area contributed by atoms with Gasteiger partial charge in [-0.3, -0.25) is 9.10 Å². The highest BCUT2D eigenvalue weighted by molar-refractivity contribution is 7.92. The number of rotatable bonds is 8. The van der Waals surface area contributed by atoms with Crippen LogP contribution >= 0.6 is 0 Å². The molecule has 4 rings (SSSR count). The van der Waals surface area contributed by atoms with E-state index in [0.29, 0.717) is 5.69 Å². The lowest BCUT2D eigenvalue weighted by atomic mass is 10.1. The molecule has 196 valence electrons. The van der Waals surface area contributed by atoms with E-state index in [-0.39, 0.29) is 4.90 Å². The fourth-order valence-corrected chi connectivity index (χ4v) is 5.85. The Morgan fingerprint density at radius 2 is 1.61 bits per heavy atom. The van der Waals surface area contributed by atoms with E-state index in [1.807, 2.05) is 77.1 Å². The van der Waals surface area contributed by atoms with Crippen molar-refractivity contribution in [2.24, 2.45) is 5.10 Å². The summed E-state index contributed by atoms with van der Waals surface area (Å²) in [5.41, 5.74) is 9.53. The van der Waals surface area contributed by atoms with Gasteiger partial charge in [0.2, 0.25) is 0 Å². The van der Waals surface area contributed by atoms with Crippen molar-refractivity contribution in [1.29, 1.82) is 0 Å². The van der Waals surface area contributed by atoms with Crippen molar-refractivity contribution in [2.75, 3.05) is 10.8 Å². The standard InChI is InChI=1S/C30H32N4O3S/c1-21-14-16-28(17-15-21)38(36,37)33(29-13-9-10-22(2)24(29)4)20-30(35)32-31-19-26-18-23(3)34(25(26)5)27-11-7-6-8-12-27/h6-19H,20H2,1-5H3,(H,32,35)/b31-19-. The molecule has 3 aromatic carbocycles. The minimum absolute atomic E-state index is 0.119. The molecule has 0 saturated heterocycles. The lowest BCUT2D eigenvalue weighted by Crippen LogP contribution is -2.40. The summed E-state index contributed by atoms with van der Waals surface area (Å²) in [5, 5.41) is 4.14. The molecule has 8 heteroatoms. The number of amides is 1. The molecule has 0 aliphatic rings. The van der Waals surface area contributed by atoms with E-state index >= 15 is 0 Å². The number of sulfonamides is 1. The van der Waals surface area contributed by atoms with Crippen molar-refractivity contribution in [3.05, 3.63) is 113 Å². The van der Waals surface area contributed by atoms with Crippen molar-refractivity contribution in [1.82, 2.24) is 9.99 Å². The number of carbonyl (C=O) groups excluding carboxylic acids is 1. The summed E-state index contributed by atoms with van der Waals surface area (Å²) in [4.78, 5) is 13.1. The van der Waals surface area contributed by atoms with Crippen LogP contribution in [0.4, 0.5) is 5.69 Å². The van der Waals surface area contributed by atoms with Crippen LogP contribution in [0.3, 0.4) is 0 Å². The molecule has 1 aromatic heterocycles. The van der Waals surface area contributed by atoms with Gasteiger partial charge >= 0.3 is 0 Å². The van der Waals surface area contributed by atoms with E-state index in [2.05, 4.69) is 15.1 Å². The number of hydrazone groups is 1. The van der Waals surface area contributed by atoms with E-state index in [4.69, 9.17) is 0 Å². The average Bonchev–Trinajstić information content (AvgIpc) is 3.17. The first kappa shape index (κ1) is 26.9. The molecular weight excluding hydrogens is 496 g/mol. The van der Waals surface area contributed by atoms with Crippen LogP contribution < -0.4 is 9.73 Å². The van der Waals surface area contributed by atoms with Crippen molar-refractivity contribution in [3.63, 3.8) is 0 Å². The van der Waals surface area contributed by atoms with Crippen molar-refractivity contribution in [3.8, 4) is 5.69 Å². The third-order valence-electron chi connectivity index (χ3n) is 6.62. The molecule has 0 radical (unpaired) electrons. The first-order valence-electron chi connectivity index (χ1n) is 12.3. The van der Waals surface area contributed by atoms with E-state index in [1.54, 1.807) is 42.6 Å². The number of benzene rings is 3. The Labute approximate surface area is 224 Å². The second-order valence-corrected chi connectivity index (χ2v) is 11.2. The molecule has 1 amide bonds. The highest BCUT2D eigenvalue weighted by atomic mass is 32.2. The van der Waals surface area contributed by atoms with Crippen LogP contribution in [0.2, 0.25) is 0 Å². The van der Waals surface area contributed by atoms with Gasteiger partial charge in [-0.25, -0.2) is 13.8 Å². The summed E-state index contributed by atoms with van der Waals surface area (Å²) < 4.78 is 30.6. The van der Waals surface area contributed by atoms with Crippen molar-refractivity contribution >= 4 is 27.8 Å². The zero-order valence-corrected chi connectivity index (χ0v) is 23.1. The fraction of sp³-hybridized carbons (Fsp3) is 0.200. The molecule has 7 nitrogen and oxygen atoms in total. The number of anilines is 1. The Balaban J connectivity index is 1.58. The summed E-state index contributed by atoms with van der Waals surface area (Å²) in [7, 11) is -4.00. The zero-order chi connectivity index (χ0) is 27.4. The SMILES string of the molecule is Cc1ccc(S(=O)(=O)N(CC(=O)N/N=C\c2cc(C)n(-c3ccccc3)c2C)c2cccc(C)c2C)cc1. The van der Waals surface area contributed by atoms with Gasteiger partial charge < -0.3 is 4.57 Å². The summed E-state index contributed by atoms with van der Waals surface area (Å²) in [6, 6.07) is 24.0. The van der Waals surface area contributed by atoms with Gasteiger partial charge in [-0.2, -0.15) is 5.10 Å². The normalized spacial score (nSPS) is 11.6. The molecule has 4 aromatic rings. The molecule has 0 atom stereocenters. The molecule has 0 saturated carbocycles. The highest BCUT2D eigenvalue weighted by Gasteiger charge is 2.28. The van der Waals surface area contributed by atoms with Crippen LogP contribution in [0, 0.1) is 34.6 Å². The molecule has 1 heterocycles. The zero-order valence-electron chi connectivity index (χ0n) is 22.3. The second kappa shape index (κ2) is 11.1. The van der Waals surface area contributed by atoms with E-state index < -0.39 is 22.5 Å². The van der Waals surface area contributed by atoms with Crippen molar-refractivity contribution < 1.29 is 13.2 Å². The van der Waals surface area contributed by atoms with Crippen LogP contribution in [-0.2, 0) is 14.8 Å². The van der Waals surface area contributed by atoms with Crippen LogP contribution in [0.5, 0.6) is 0 Å². The Bertz CT molecular complexity index is 1590. The maximum absolute atomic E-state index is 13.7. The lowest BCUT2D eigenvalue weighted by Gasteiger charge is -2.26. The average molecular weight is 529 g/mol. The maximum atomic E-state index is 13.7. The molecule has 0 bridgehead atoms. The van der Waals surface area contributed by atoms with E-state index in [0.717, 1.165) is 43.6 Å². The monoisotopic (exact) mass is 528 g/mol. The van der Waals surface area contributed by atoms with Gasteiger partial charge in [0.05, 0.1) is 16.8 Å². The number of para-hydroxylation sites is 1. The first-order chi connectivity index (χ1) is 18.1. The molecule has 0 unspecified atom stereocenters. The van der Waals surface area contributed by atoms with E-state index in [1.165, 1.54) is 0 Å². The van der Waals surface area contributed by atoms with Crippen LogP contribution in [0.25, 0.3) is 5.69 Å². The van der Waals surface area contributed by atoms with Gasteiger partial charge in [0.15, 0.2) is 0 Å². The number of hydrogen-bond acceptors (Lipinski definition) is 4. The Morgan fingerprint density at radius 3 is 2.29 bits per heavy atom. The van der Waals surface area contributed by atoms with Crippen LogP contribution in [0.1, 0.15) is 33.6 Å². The largest absolute Gasteiger partial charge is 0.318 e. The molecule has 38 heavy (non-hydrogen) atoms. The quantitative estimate of drug-likeness (QED) is 0.247. The van der Waals surface area contributed by atoms with Gasteiger partial charge in [-0.15, -0.1) is 0 Å². The number of aromatic nitrogens is 1. The second-order valence-electron chi connectivity index (χ2n) is 9.33. The number of nitrogens with zero attached hydrogens (tertiary/aromatic N) is 3. The summed E-state index contributed by atoms with van der Waals surface area (Å²) in [5.74, 6) is -0.547. The van der Waals surface area contributed by atoms with Gasteiger partial charge in [0.25, 0.3) is 15.9 Å². The Kier molecular flexibility index (Phi) is 7.83. The summed E-state index contributed by atoms with van der Waals surface area (Å²) >= 11 is 0. The van der Waals surface area contributed by atoms with Crippen molar-refractivity contribution in [2.45, 2.75) is 39.5 Å². The summed E-state index contributed by atoms with van der Waals surface area (Å²) in [6.07, 6.45) is 1.58. The maximum Gasteiger partial charge on any atom is 0.264 e. The molecule has 0 aliphatic heterocycles. The molecule has 0 aliphatic carbocycles. The number of hydrogen-bond donors (Lipinski definition) is 1. The Hall–Kier alpha value is -4.17. The van der Waals surface area contributed by atoms with Gasteiger partial charge in [-0.1, -0.05) is 48.0 Å². The minimum atomic E-state index is -4.00. The lowest BCUT2D eigenvalue weighted by molar-refractivity contribution is -0.119. The van der Waals surface area contributed by atoms with Crippen LogP contribution in [0.15, 0.2) is 88.9 Å². The topological polar surface area (TPSA) is 83.8 Å². The third-order valence-corrected chi connectivity index (χ3v) is 8.39. The van der Waals surface area contributed by atoms with Gasteiger partial charge in [-0.05, 0) is 82.1 Å². The predicted molar refractivity (Wildman–Crippen MR) is 153 cm³/mol. The molecular formula is C30H32N4O3S.